The standard InChI is InChI=1S/C29H37N3O5/c1-5-20(18-33)32-24-27(36)31(28(2,3)4)16-10-14-29(24)23(26(32)35)22-21(37-29)13-9-15-30(25(22)34)17-19-11-7-6-8-12-19/h6-14,20-24,33H,5,15-18H2,1-4H3/t20-,21+,22-,23-,24?,29-/m0/s1. The molecule has 2 fully saturated rings. The van der Waals surface area contributed by atoms with Crippen LogP contribution < -0.4 is 0 Å². The lowest BCUT2D eigenvalue weighted by Gasteiger charge is -2.42. The van der Waals surface area contributed by atoms with Crippen molar-refractivity contribution in [3.63, 3.8) is 0 Å². The quantitative estimate of drug-likeness (QED) is 0.617. The number of aliphatic hydroxyl groups excluding tert-OH is 1. The van der Waals surface area contributed by atoms with Gasteiger partial charge in [-0.15, -0.1) is 0 Å². The fourth-order valence-electron chi connectivity index (χ4n) is 6.49. The first-order chi connectivity index (χ1) is 17.6. The molecule has 8 heteroatoms. The number of fused-ring (bicyclic) bond motifs is 2. The molecule has 198 valence electrons. The molecule has 1 aromatic carbocycles. The van der Waals surface area contributed by atoms with E-state index in [2.05, 4.69) is 0 Å². The Labute approximate surface area is 218 Å². The SMILES string of the molecule is CC[C@@H](CO)N1C(=O)[C@@H]2[C@H]3C(=O)N(Cc4ccccc4)CC=C[C@H]3O[C@@]23C=CCN(C(C)(C)C)C(=O)C13. The summed E-state index contributed by atoms with van der Waals surface area (Å²) in [5, 5.41) is 10.2. The molecule has 0 aromatic heterocycles. The highest BCUT2D eigenvalue weighted by Crippen LogP contribution is 2.54. The molecular formula is C29H37N3O5. The molecule has 0 aliphatic carbocycles. The average molecular weight is 508 g/mol. The van der Waals surface area contributed by atoms with Gasteiger partial charge < -0.3 is 24.5 Å². The minimum Gasteiger partial charge on any atom is -0.394 e. The van der Waals surface area contributed by atoms with Crippen LogP contribution >= 0.6 is 0 Å². The third kappa shape index (κ3) is 4.01. The van der Waals surface area contributed by atoms with E-state index in [9.17, 15) is 19.5 Å². The van der Waals surface area contributed by atoms with Crippen molar-refractivity contribution in [2.75, 3.05) is 19.7 Å². The molecule has 8 nitrogen and oxygen atoms in total. The summed E-state index contributed by atoms with van der Waals surface area (Å²) in [6, 6.07) is 8.28. The molecule has 4 aliphatic heterocycles. The number of carbonyl (C=O) groups excluding carboxylic acids is 3. The van der Waals surface area contributed by atoms with Gasteiger partial charge in [0.05, 0.1) is 30.6 Å². The zero-order valence-corrected chi connectivity index (χ0v) is 22.0. The van der Waals surface area contributed by atoms with Crippen molar-refractivity contribution in [3.05, 3.63) is 60.2 Å². The number of likely N-dealkylation sites (tertiary alicyclic amines) is 1. The van der Waals surface area contributed by atoms with Crippen molar-refractivity contribution in [2.24, 2.45) is 11.8 Å². The van der Waals surface area contributed by atoms with E-state index in [-0.39, 0.29) is 24.3 Å². The number of rotatable bonds is 5. The average Bonchev–Trinajstić information content (AvgIpc) is 3.18. The van der Waals surface area contributed by atoms with Crippen molar-refractivity contribution < 1.29 is 24.2 Å². The Balaban J connectivity index is 1.59. The van der Waals surface area contributed by atoms with Crippen molar-refractivity contribution in [2.45, 2.75) is 70.0 Å². The molecule has 0 bridgehead atoms. The number of ether oxygens (including phenoxy) is 1. The summed E-state index contributed by atoms with van der Waals surface area (Å²) in [4.78, 5) is 47.5. The first-order valence-electron chi connectivity index (χ1n) is 13.2. The van der Waals surface area contributed by atoms with Crippen LogP contribution in [0, 0.1) is 11.8 Å². The molecule has 0 saturated carbocycles. The lowest BCUT2D eigenvalue weighted by molar-refractivity contribution is -0.154. The summed E-state index contributed by atoms with van der Waals surface area (Å²) < 4.78 is 6.67. The van der Waals surface area contributed by atoms with E-state index in [1.54, 1.807) is 9.80 Å². The molecule has 37 heavy (non-hydrogen) atoms. The maximum absolute atomic E-state index is 14.2. The largest absolute Gasteiger partial charge is 0.394 e. The molecule has 4 heterocycles. The van der Waals surface area contributed by atoms with Gasteiger partial charge in [-0.2, -0.15) is 0 Å². The minimum absolute atomic E-state index is 0.149. The minimum atomic E-state index is -1.28. The monoisotopic (exact) mass is 507 g/mol. The topological polar surface area (TPSA) is 90.4 Å². The number of hydrogen-bond acceptors (Lipinski definition) is 5. The number of carbonyl (C=O) groups is 3. The second-order valence-corrected chi connectivity index (χ2v) is 11.5. The Kier molecular flexibility index (Phi) is 6.52. The van der Waals surface area contributed by atoms with Gasteiger partial charge in [0.2, 0.25) is 17.7 Å². The summed E-state index contributed by atoms with van der Waals surface area (Å²) in [6.45, 7) is 8.74. The van der Waals surface area contributed by atoms with Crippen LogP contribution in [0.25, 0.3) is 0 Å². The van der Waals surface area contributed by atoms with E-state index < -0.39 is 41.2 Å². The molecule has 3 amide bonds. The molecule has 1 unspecified atom stereocenters. The Bertz CT molecular complexity index is 1120. The van der Waals surface area contributed by atoms with Gasteiger partial charge in [0, 0.05) is 25.2 Å². The number of benzene rings is 1. The van der Waals surface area contributed by atoms with Crippen LogP contribution in [0.5, 0.6) is 0 Å². The second kappa shape index (κ2) is 9.40. The number of aliphatic hydroxyl groups is 1. The van der Waals surface area contributed by atoms with E-state index >= 15 is 0 Å². The Hall–Kier alpha value is -2.97. The molecule has 6 atom stereocenters. The van der Waals surface area contributed by atoms with Crippen LogP contribution in [0.3, 0.4) is 0 Å². The van der Waals surface area contributed by atoms with Crippen LogP contribution in [0.2, 0.25) is 0 Å². The van der Waals surface area contributed by atoms with Gasteiger partial charge >= 0.3 is 0 Å². The van der Waals surface area contributed by atoms with Gasteiger partial charge in [0.25, 0.3) is 0 Å². The van der Waals surface area contributed by atoms with Crippen LogP contribution in [-0.4, -0.2) is 86.6 Å². The van der Waals surface area contributed by atoms with Gasteiger partial charge in [0.15, 0.2) is 0 Å². The van der Waals surface area contributed by atoms with E-state index in [0.29, 0.717) is 26.1 Å². The van der Waals surface area contributed by atoms with Crippen LogP contribution in [0.15, 0.2) is 54.6 Å². The summed E-state index contributed by atoms with van der Waals surface area (Å²) in [6.07, 6.45) is 7.42. The van der Waals surface area contributed by atoms with Crippen LogP contribution in [0.1, 0.15) is 39.7 Å². The zero-order valence-electron chi connectivity index (χ0n) is 22.0. The smallest absolute Gasteiger partial charge is 0.249 e. The molecule has 2 saturated heterocycles. The third-order valence-electron chi connectivity index (χ3n) is 8.28. The number of nitrogens with zero attached hydrogens (tertiary/aromatic N) is 3. The van der Waals surface area contributed by atoms with E-state index in [4.69, 9.17) is 4.74 Å². The number of hydrogen-bond donors (Lipinski definition) is 1. The molecule has 4 aliphatic rings. The molecule has 1 aromatic rings. The summed E-state index contributed by atoms with van der Waals surface area (Å²) in [5.41, 5.74) is -0.751. The highest BCUT2D eigenvalue weighted by Gasteiger charge is 2.72. The highest BCUT2D eigenvalue weighted by atomic mass is 16.5. The Morgan fingerprint density at radius 3 is 2.43 bits per heavy atom. The lowest BCUT2D eigenvalue weighted by atomic mass is 9.77. The van der Waals surface area contributed by atoms with E-state index in [1.165, 1.54) is 4.90 Å². The molecule has 1 N–H and O–H groups in total. The van der Waals surface area contributed by atoms with Gasteiger partial charge in [-0.05, 0) is 32.8 Å². The Morgan fingerprint density at radius 2 is 1.78 bits per heavy atom. The maximum atomic E-state index is 14.2. The predicted octanol–water partition coefficient (Wildman–Crippen LogP) is 2.13. The van der Waals surface area contributed by atoms with Crippen LogP contribution in [0.4, 0.5) is 0 Å². The normalized spacial score (nSPS) is 32.2. The lowest BCUT2D eigenvalue weighted by Crippen LogP contribution is -2.60. The van der Waals surface area contributed by atoms with E-state index in [0.717, 1.165) is 5.56 Å². The summed E-state index contributed by atoms with van der Waals surface area (Å²) >= 11 is 0. The first-order valence-corrected chi connectivity index (χ1v) is 13.2. The summed E-state index contributed by atoms with van der Waals surface area (Å²) in [7, 11) is 0. The van der Waals surface area contributed by atoms with Gasteiger partial charge in [-0.25, -0.2) is 0 Å². The third-order valence-corrected chi connectivity index (χ3v) is 8.28. The second-order valence-electron chi connectivity index (χ2n) is 11.5. The first kappa shape index (κ1) is 25.7. The van der Waals surface area contributed by atoms with Gasteiger partial charge in [-0.3, -0.25) is 14.4 Å². The van der Waals surface area contributed by atoms with Gasteiger partial charge in [-0.1, -0.05) is 61.6 Å². The maximum Gasteiger partial charge on any atom is 0.249 e. The summed E-state index contributed by atoms with van der Waals surface area (Å²) in [5.74, 6) is -2.26. The van der Waals surface area contributed by atoms with Gasteiger partial charge in [0.1, 0.15) is 11.6 Å². The molecule has 0 radical (unpaired) electrons. The van der Waals surface area contributed by atoms with E-state index in [1.807, 2.05) is 82.3 Å². The van der Waals surface area contributed by atoms with Crippen molar-refractivity contribution in [1.29, 1.82) is 0 Å². The Morgan fingerprint density at radius 1 is 1.05 bits per heavy atom. The van der Waals surface area contributed by atoms with Crippen molar-refractivity contribution >= 4 is 17.7 Å². The van der Waals surface area contributed by atoms with Crippen LogP contribution in [-0.2, 0) is 25.7 Å². The van der Waals surface area contributed by atoms with Crippen molar-refractivity contribution in [3.8, 4) is 0 Å². The fraction of sp³-hybridized carbons (Fsp3) is 0.552. The molecule has 5 rings (SSSR count). The number of amides is 3. The predicted molar refractivity (Wildman–Crippen MR) is 138 cm³/mol. The highest BCUT2D eigenvalue weighted by molar-refractivity contribution is 6.00. The molecular weight excluding hydrogens is 470 g/mol. The molecule has 1 spiro atoms. The van der Waals surface area contributed by atoms with Crippen molar-refractivity contribution in [1.82, 2.24) is 14.7 Å². The zero-order chi connectivity index (χ0) is 26.5. The fourth-order valence-corrected chi connectivity index (χ4v) is 6.49.